The lowest BCUT2D eigenvalue weighted by atomic mass is 10.1. The van der Waals surface area contributed by atoms with Crippen molar-refractivity contribution in [2.45, 2.75) is 19.5 Å². The van der Waals surface area contributed by atoms with Crippen LogP contribution in [0.2, 0.25) is 0 Å². The minimum atomic E-state index is 0.540. The van der Waals surface area contributed by atoms with Gasteiger partial charge in [-0.05, 0) is 47.2 Å². The number of nitrogens with zero attached hydrogens (tertiary/aromatic N) is 1. The largest absolute Gasteiger partial charge is 0.379 e. The average Bonchev–Trinajstić information content (AvgIpc) is 2.25. The van der Waals surface area contributed by atoms with E-state index in [2.05, 4.69) is 58.7 Å². The second-order valence-electron chi connectivity index (χ2n) is 4.02. The first kappa shape index (κ1) is 11.4. The van der Waals surface area contributed by atoms with Crippen LogP contribution in [0, 0.1) is 3.57 Å². The Morgan fingerprint density at radius 2 is 2.13 bits per heavy atom. The maximum absolute atomic E-state index is 5.43. The third-order valence-electron chi connectivity index (χ3n) is 2.80. The lowest BCUT2D eigenvalue weighted by molar-refractivity contribution is -0.00437. The van der Waals surface area contributed by atoms with Crippen molar-refractivity contribution in [3.05, 3.63) is 33.4 Å². The molecule has 1 heterocycles. The predicted octanol–water partition coefficient (Wildman–Crippen LogP) is 2.51. The Labute approximate surface area is 105 Å². The molecular formula is C12H16INO. The number of morpholine rings is 1. The zero-order chi connectivity index (χ0) is 10.7. The van der Waals surface area contributed by atoms with E-state index in [1.54, 1.807) is 0 Å². The van der Waals surface area contributed by atoms with Crippen LogP contribution in [0.3, 0.4) is 0 Å². The molecule has 0 aliphatic carbocycles. The molecule has 1 fully saturated rings. The van der Waals surface area contributed by atoms with Gasteiger partial charge in [-0.3, -0.25) is 4.90 Å². The van der Waals surface area contributed by atoms with Gasteiger partial charge >= 0.3 is 0 Å². The quantitative estimate of drug-likeness (QED) is 0.777. The maximum atomic E-state index is 5.43. The summed E-state index contributed by atoms with van der Waals surface area (Å²) in [6.45, 7) is 6.06. The monoisotopic (exact) mass is 317 g/mol. The summed E-state index contributed by atoms with van der Waals surface area (Å²) in [7, 11) is 0. The molecule has 0 N–H and O–H groups in total. The van der Waals surface area contributed by atoms with E-state index in [0.717, 1.165) is 26.3 Å². The van der Waals surface area contributed by atoms with Crippen LogP contribution in [0.15, 0.2) is 24.3 Å². The van der Waals surface area contributed by atoms with E-state index in [-0.39, 0.29) is 0 Å². The highest BCUT2D eigenvalue weighted by Gasteiger charge is 2.18. The second kappa shape index (κ2) is 5.27. The predicted molar refractivity (Wildman–Crippen MR) is 69.9 cm³/mol. The first-order valence-electron chi connectivity index (χ1n) is 5.32. The minimum absolute atomic E-state index is 0.540. The van der Waals surface area contributed by atoms with Crippen molar-refractivity contribution in [2.75, 3.05) is 19.8 Å². The molecule has 1 aliphatic rings. The zero-order valence-corrected chi connectivity index (χ0v) is 11.1. The lowest BCUT2D eigenvalue weighted by Gasteiger charge is -2.33. The Kier molecular flexibility index (Phi) is 3.99. The van der Waals surface area contributed by atoms with Gasteiger partial charge in [-0.15, -0.1) is 0 Å². The third-order valence-corrected chi connectivity index (χ3v) is 3.52. The number of benzene rings is 1. The van der Waals surface area contributed by atoms with Crippen LogP contribution >= 0.6 is 22.6 Å². The summed E-state index contributed by atoms with van der Waals surface area (Å²) in [4.78, 5) is 2.48. The van der Waals surface area contributed by atoms with Gasteiger partial charge in [0.2, 0.25) is 0 Å². The van der Waals surface area contributed by atoms with Crippen LogP contribution in [-0.4, -0.2) is 30.7 Å². The van der Waals surface area contributed by atoms with Gasteiger partial charge in [0.1, 0.15) is 0 Å². The minimum Gasteiger partial charge on any atom is -0.379 e. The SMILES string of the molecule is CC1COCCN1Cc1ccc(I)cc1. The van der Waals surface area contributed by atoms with Crippen LogP contribution < -0.4 is 0 Å². The van der Waals surface area contributed by atoms with Gasteiger partial charge in [-0.1, -0.05) is 12.1 Å². The summed E-state index contributed by atoms with van der Waals surface area (Å²) < 4.78 is 6.72. The molecule has 1 aromatic carbocycles. The number of ether oxygens (including phenoxy) is 1. The molecule has 0 aromatic heterocycles. The molecule has 0 amide bonds. The number of rotatable bonds is 2. The standard InChI is InChI=1S/C12H16INO/c1-10-9-15-7-6-14(10)8-11-2-4-12(13)5-3-11/h2-5,10H,6-9H2,1H3. The molecule has 1 unspecified atom stereocenters. The van der Waals surface area contributed by atoms with E-state index in [4.69, 9.17) is 4.74 Å². The molecule has 2 rings (SSSR count). The smallest absolute Gasteiger partial charge is 0.0619 e. The lowest BCUT2D eigenvalue weighted by Crippen LogP contribution is -2.42. The van der Waals surface area contributed by atoms with Gasteiger partial charge in [-0.25, -0.2) is 0 Å². The summed E-state index contributed by atoms with van der Waals surface area (Å²) in [5.41, 5.74) is 1.39. The highest BCUT2D eigenvalue weighted by atomic mass is 127. The summed E-state index contributed by atoms with van der Waals surface area (Å²) >= 11 is 2.34. The van der Waals surface area contributed by atoms with Crippen molar-refractivity contribution in [1.29, 1.82) is 0 Å². The second-order valence-corrected chi connectivity index (χ2v) is 5.27. The molecule has 1 atom stereocenters. The Hall–Kier alpha value is -0.130. The Morgan fingerprint density at radius 3 is 2.80 bits per heavy atom. The first-order valence-corrected chi connectivity index (χ1v) is 6.40. The molecule has 0 radical (unpaired) electrons. The number of hydrogen-bond donors (Lipinski definition) is 0. The zero-order valence-electron chi connectivity index (χ0n) is 8.95. The highest BCUT2D eigenvalue weighted by Crippen LogP contribution is 2.13. The maximum Gasteiger partial charge on any atom is 0.0619 e. The number of hydrogen-bond acceptors (Lipinski definition) is 2. The summed E-state index contributed by atoms with van der Waals surface area (Å²) in [5, 5.41) is 0. The average molecular weight is 317 g/mol. The molecule has 1 aromatic rings. The molecule has 2 nitrogen and oxygen atoms in total. The molecule has 82 valence electrons. The van der Waals surface area contributed by atoms with Crippen LogP contribution in [-0.2, 0) is 11.3 Å². The van der Waals surface area contributed by atoms with Crippen LogP contribution in [0.4, 0.5) is 0 Å². The van der Waals surface area contributed by atoms with E-state index in [0.29, 0.717) is 6.04 Å². The molecular weight excluding hydrogens is 301 g/mol. The van der Waals surface area contributed by atoms with Crippen LogP contribution in [0.5, 0.6) is 0 Å². The first-order chi connectivity index (χ1) is 7.25. The van der Waals surface area contributed by atoms with Crippen LogP contribution in [0.25, 0.3) is 0 Å². The fourth-order valence-electron chi connectivity index (χ4n) is 1.82. The van der Waals surface area contributed by atoms with Gasteiger partial charge in [0, 0.05) is 22.7 Å². The molecule has 15 heavy (non-hydrogen) atoms. The van der Waals surface area contributed by atoms with Gasteiger partial charge < -0.3 is 4.74 Å². The molecule has 0 bridgehead atoms. The number of halogens is 1. The Bertz CT molecular complexity index is 312. The van der Waals surface area contributed by atoms with E-state index in [1.807, 2.05) is 0 Å². The molecule has 0 saturated carbocycles. The summed E-state index contributed by atoms with van der Waals surface area (Å²) in [6.07, 6.45) is 0. The summed E-state index contributed by atoms with van der Waals surface area (Å²) in [6, 6.07) is 9.30. The fourth-order valence-corrected chi connectivity index (χ4v) is 2.18. The van der Waals surface area contributed by atoms with E-state index < -0.39 is 0 Å². The van der Waals surface area contributed by atoms with Crippen LogP contribution in [0.1, 0.15) is 12.5 Å². The van der Waals surface area contributed by atoms with Crippen molar-refractivity contribution in [2.24, 2.45) is 0 Å². The van der Waals surface area contributed by atoms with Crippen molar-refractivity contribution in [3.8, 4) is 0 Å². The van der Waals surface area contributed by atoms with Gasteiger partial charge in [0.15, 0.2) is 0 Å². The fraction of sp³-hybridized carbons (Fsp3) is 0.500. The molecule has 3 heteroatoms. The van der Waals surface area contributed by atoms with Gasteiger partial charge in [0.05, 0.1) is 13.2 Å². The topological polar surface area (TPSA) is 12.5 Å². The van der Waals surface area contributed by atoms with Gasteiger partial charge in [0.25, 0.3) is 0 Å². The van der Waals surface area contributed by atoms with Crippen molar-refractivity contribution < 1.29 is 4.74 Å². The van der Waals surface area contributed by atoms with E-state index >= 15 is 0 Å². The Morgan fingerprint density at radius 1 is 1.40 bits per heavy atom. The van der Waals surface area contributed by atoms with E-state index in [9.17, 15) is 0 Å². The van der Waals surface area contributed by atoms with Crippen molar-refractivity contribution in [1.82, 2.24) is 4.90 Å². The molecule has 1 saturated heterocycles. The van der Waals surface area contributed by atoms with E-state index in [1.165, 1.54) is 9.13 Å². The van der Waals surface area contributed by atoms with Crippen molar-refractivity contribution in [3.63, 3.8) is 0 Å². The van der Waals surface area contributed by atoms with Crippen molar-refractivity contribution >= 4 is 22.6 Å². The normalized spacial score (nSPS) is 22.9. The Balaban J connectivity index is 1.98. The summed E-state index contributed by atoms with van der Waals surface area (Å²) in [5.74, 6) is 0. The molecule has 0 spiro atoms. The highest BCUT2D eigenvalue weighted by molar-refractivity contribution is 14.1. The molecule has 1 aliphatic heterocycles. The van der Waals surface area contributed by atoms with Gasteiger partial charge in [-0.2, -0.15) is 0 Å². The third kappa shape index (κ3) is 3.16.